The number of nitrogen functional groups attached to an aromatic ring is 1. The van der Waals surface area contributed by atoms with E-state index < -0.39 is 10.0 Å². The summed E-state index contributed by atoms with van der Waals surface area (Å²) in [5.41, 5.74) is 5.97. The Labute approximate surface area is 97.4 Å². The standard InChI is InChI=1S/C8H11N5O3S/c1-13-5-7(8(9)11-13)17(14,15)10-4-6-2-3-16-12-6/h2-3,5,10H,4H2,1H3,(H2,9,11). The first-order valence-corrected chi connectivity index (χ1v) is 6.15. The first-order chi connectivity index (χ1) is 7.99. The van der Waals surface area contributed by atoms with Gasteiger partial charge in [-0.1, -0.05) is 5.16 Å². The summed E-state index contributed by atoms with van der Waals surface area (Å²) >= 11 is 0. The highest BCUT2D eigenvalue weighted by Gasteiger charge is 2.20. The largest absolute Gasteiger partial charge is 0.381 e. The maximum absolute atomic E-state index is 11.9. The summed E-state index contributed by atoms with van der Waals surface area (Å²) in [6, 6.07) is 1.56. The zero-order chi connectivity index (χ0) is 12.5. The molecular formula is C8H11N5O3S. The molecule has 0 unspecified atom stereocenters. The van der Waals surface area contributed by atoms with Crippen molar-refractivity contribution >= 4 is 15.8 Å². The minimum Gasteiger partial charge on any atom is -0.381 e. The van der Waals surface area contributed by atoms with Crippen molar-refractivity contribution in [2.75, 3.05) is 5.73 Å². The van der Waals surface area contributed by atoms with Crippen molar-refractivity contribution in [3.8, 4) is 0 Å². The lowest BCUT2D eigenvalue weighted by atomic mass is 10.5. The van der Waals surface area contributed by atoms with Gasteiger partial charge in [-0.25, -0.2) is 13.1 Å². The number of anilines is 1. The topological polar surface area (TPSA) is 116 Å². The first-order valence-electron chi connectivity index (χ1n) is 4.67. The average molecular weight is 257 g/mol. The molecule has 0 bridgehead atoms. The summed E-state index contributed by atoms with van der Waals surface area (Å²) in [5, 5.41) is 7.35. The summed E-state index contributed by atoms with van der Waals surface area (Å²) < 4.78 is 32.0. The Bertz CT molecular complexity index is 601. The molecule has 3 N–H and O–H groups in total. The van der Waals surface area contributed by atoms with Crippen LogP contribution in [-0.2, 0) is 23.6 Å². The number of aryl methyl sites for hydroxylation is 1. The second-order valence-corrected chi connectivity index (χ2v) is 5.10. The van der Waals surface area contributed by atoms with Gasteiger partial charge in [-0.2, -0.15) is 5.10 Å². The van der Waals surface area contributed by atoms with Crippen molar-refractivity contribution in [1.29, 1.82) is 0 Å². The molecule has 17 heavy (non-hydrogen) atoms. The highest BCUT2D eigenvalue weighted by Crippen LogP contribution is 2.15. The molecule has 0 aliphatic heterocycles. The minimum atomic E-state index is -3.69. The predicted molar refractivity (Wildman–Crippen MR) is 58.1 cm³/mol. The van der Waals surface area contributed by atoms with Crippen molar-refractivity contribution in [3.05, 3.63) is 24.2 Å². The van der Waals surface area contributed by atoms with E-state index in [1.807, 2.05) is 0 Å². The molecule has 8 nitrogen and oxygen atoms in total. The number of hydrogen-bond acceptors (Lipinski definition) is 6. The molecule has 92 valence electrons. The van der Waals surface area contributed by atoms with Crippen LogP contribution in [0.25, 0.3) is 0 Å². The third kappa shape index (κ3) is 2.45. The zero-order valence-electron chi connectivity index (χ0n) is 8.99. The summed E-state index contributed by atoms with van der Waals surface area (Å²) in [4.78, 5) is -0.0523. The molecule has 2 rings (SSSR count). The summed E-state index contributed by atoms with van der Waals surface area (Å²) in [6.45, 7) is 0.0349. The van der Waals surface area contributed by atoms with Crippen LogP contribution in [0, 0.1) is 0 Å². The van der Waals surface area contributed by atoms with E-state index in [9.17, 15) is 8.42 Å². The second-order valence-electron chi connectivity index (χ2n) is 3.37. The van der Waals surface area contributed by atoms with Crippen molar-refractivity contribution < 1.29 is 12.9 Å². The van der Waals surface area contributed by atoms with E-state index in [4.69, 9.17) is 5.73 Å². The molecule has 0 aromatic carbocycles. The second kappa shape index (κ2) is 4.18. The van der Waals surface area contributed by atoms with Gasteiger partial charge in [-0.15, -0.1) is 0 Å². The van der Waals surface area contributed by atoms with Crippen LogP contribution in [0.3, 0.4) is 0 Å². The van der Waals surface area contributed by atoms with Crippen LogP contribution in [0.1, 0.15) is 5.69 Å². The number of rotatable bonds is 4. The number of nitrogens with zero attached hydrogens (tertiary/aromatic N) is 3. The highest BCUT2D eigenvalue weighted by atomic mass is 32.2. The van der Waals surface area contributed by atoms with Crippen LogP contribution >= 0.6 is 0 Å². The van der Waals surface area contributed by atoms with Gasteiger partial charge >= 0.3 is 0 Å². The van der Waals surface area contributed by atoms with Crippen molar-refractivity contribution in [2.24, 2.45) is 7.05 Å². The molecule has 2 aromatic rings. The van der Waals surface area contributed by atoms with Crippen molar-refractivity contribution in [3.63, 3.8) is 0 Å². The average Bonchev–Trinajstić information content (AvgIpc) is 2.85. The van der Waals surface area contributed by atoms with E-state index in [1.54, 1.807) is 13.1 Å². The monoisotopic (exact) mass is 257 g/mol. The fourth-order valence-corrected chi connectivity index (χ4v) is 2.37. The lowest BCUT2D eigenvalue weighted by molar-refractivity contribution is 0.411. The maximum Gasteiger partial charge on any atom is 0.246 e. The normalized spacial score (nSPS) is 11.8. The van der Waals surface area contributed by atoms with E-state index in [0.29, 0.717) is 5.69 Å². The van der Waals surface area contributed by atoms with E-state index >= 15 is 0 Å². The molecule has 0 amide bonds. The van der Waals surface area contributed by atoms with Crippen molar-refractivity contribution in [1.82, 2.24) is 19.7 Å². The van der Waals surface area contributed by atoms with Gasteiger partial charge in [0, 0.05) is 19.3 Å². The Hall–Kier alpha value is -1.87. The fraction of sp³-hybridized carbons (Fsp3) is 0.250. The highest BCUT2D eigenvalue weighted by molar-refractivity contribution is 7.89. The Morgan fingerprint density at radius 3 is 2.88 bits per heavy atom. The van der Waals surface area contributed by atoms with Gasteiger partial charge in [0.25, 0.3) is 0 Å². The summed E-state index contributed by atoms with van der Waals surface area (Å²) in [7, 11) is -2.10. The van der Waals surface area contributed by atoms with Crippen molar-refractivity contribution in [2.45, 2.75) is 11.4 Å². The van der Waals surface area contributed by atoms with E-state index in [0.717, 1.165) is 0 Å². The Morgan fingerprint density at radius 2 is 2.35 bits per heavy atom. The summed E-state index contributed by atoms with van der Waals surface area (Å²) in [5.74, 6) is -0.0415. The Kier molecular flexibility index (Phi) is 2.86. The number of hydrogen-bond donors (Lipinski definition) is 2. The van der Waals surface area contributed by atoms with Gasteiger partial charge < -0.3 is 10.3 Å². The molecule has 0 saturated carbocycles. The molecule has 0 aliphatic carbocycles. The van der Waals surface area contributed by atoms with Crippen LogP contribution in [0.4, 0.5) is 5.82 Å². The SMILES string of the molecule is Cn1cc(S(=O)(=O)NCc2ccon2)c(N)n1. The molecule has 0 spiro atoms. The lowest BCUT2D eigenvalue weighted by Gasteiger charge is -2.02. The quantitative estimate of drug-likeness (QED) is 0.760. The van der Waals surface area contributed by atoms with Gasteiger partial charge in [0.2, 0.25) is 10.0 Å². The van der Waals surface area contributed by atoms with Crippen LogP contribution in [0.5, 0.6) is 0 Å². The maximum atomic E-state index is 11.9. The Balaban J connectivity index is 2.17. The van der Waals surface area contributed by atoms with Gasteiger partial charge in [-0.05, 0) is 0 Å². The van der Waals surface area contributed by atoms with Crippen LogP contribution in [0.2, 0.25) is 0 Å². The van der Waals surface area contributed by atoms with Gasteiger partial charge in [0.05, 0.1) is 12.2 Å². The van der Waals surface area contributed by atoms with E-state index in [2.05, 4.69) is 19.5 Å². The Morgan fingerprint density at radius 1 is 1.59 bits per heavy atom. The number of aromatic nitrogens is 3. The molecular weight excluding hydrogens is 246 g/mol. The molecule has 0 fully saturated rings. The number of sulfonamides is 1. The number of nitrogens with two attached hydrogens (primary N) is 1. The third-order valence-electron chi connectivity index (χ3n) is 2.05. The summed E-state index contributed by atoms with van der Waals surface area (Å²) in [6.07, 6.45) is 2.70. The lowest BCUT2D eigenvalue weighted by Crippen LogP contribution is -2.23. The van der Waals surface area contributed by atoms with E-state index in [1.165, 1.54) is 17.1 Å². The van der Waals surface area contributed by atoms with Crippen LogP contribution in [0.15, 0.2) is 27.9 Å². The molecule has 0 atom stereocenters. The van der Waals surface area contributed by atoms with Crippen LogP contribution < -0.4 is 10.5 Å². The third-order valence-corrected chi connectivity index (χ3v) is 3.46. The molecule has 9 heteroatoms. The van der Waals surface area contributed by atoms with E-state index in [-0.39, 0.29) is 17.3 Å². The smallest absolute Gasteiger partial charge is 0.246 e. The fourth-order valence-electron chi connectivity index (χ4n) is 1.27. The van der Waals surface area contributed by atoms with Gasteiger partial charge in [0.1, 0.15) is 11.2 Å². The first kappa shape index (κ1) is 11.6. The molecule has 0 saturated heterocycles. The predicted octanol–water partition coefficient (Wildman–Crippen LogP) is -0.531. The van der Waals surface area contributed by atoms with Gasteiger partial charge in [-0.3, -0.25) is 4.68 Å². The zero-order valence-corrected chi connectivity index (χ0v) is 9.81. The van der Waals surface area contributed by atoms with Gasteiger partial charge in [0.15, 0.2) is 5.82 Å². The molecule has 2 aromatic heterocycles. The molecule has 0 aliphatic rings. The van der Waals surface area contributed by atoms with Crippen LogP contribution in [-0.4, -0.2) is 23.4 Å². The molecule has 2 heterocycles. The number of nitrogens with one attached hydrogen (secondary N) is 1. The minimum absolute atomic E-state index is 0.0349. The molecule has 0 radical (unpaired) electrons.